The number of anilines is 2. The van der Waals surface area contributed by atoms with Gasteiger partial charge >= 0.3 is 6.36 Å². The third-order valence-electron chi connectivity index (χ3n) is 5.53. The summed E-state index contributed by atoms with van der Waals surface area (Å²) in [7, 11) is -0.728. The Kier molecular flexibility index (Phi) is 6.87. The molecule has 0 fully saturated rings. The van der Waals surface area contributed by atoms with Gasteiger partial charge in [-0.3, -0.25) is 0 Å². The SMILES string of the molecule is CNCc1cn(S(=O)(=O)c2cccc(OC)c2)c2cc(Nc3ccc(OC(F)(F)F)cc3C)ccc12. The van der Waals surface area contributed by atoms with Gasteiger partial charge in [0.05, 0.1) is 17.5 Å². The van der Waals surface area contributed by atoms with Crippen molar-refractivity contribution in [3.8, 4) is 11.5 Å². The van der Waals surface area contributed by atoms with Crippen molar-refractivity contribution in [3.63, 3.8) is 0 Å². The number of rotatable bonds is 8. The standard InChI is InChI=1S/C25H24F3N3O4S/c1-16-11-20(35-25(26,27)28)8-10-23(16)30-18-7-9-22-17(14-29-2)15-31(24(22)12-18)36(32,33)21-6-4-5-19(13-21)34-3/h4-13,15,29-30H,14H2,1-3H3. The van der Waals surface area contributed by atoms with Crippen LogP contribution in [0.3, 0.4) is 0 Å². The van der Waals surface area contributed by atoms with Crippen molar-refractivity contribution >= 4 is 32.3 Å². The van der Waals surface area contributed by atoms with E-state index in [9.17, 15) is 21.6 Å². The Morgan fingerprint density at radius 3 is 2.44 bits per heavy atom. The lowest BCUT2D eigenvalue weighted by molar-refractivity contribution is -0.274. The molecule has 0 amide bonds. The van der Waals surface area contributed by atoms with Gasteiger partial charge in [-0.05, 0) is 67.6 Å². The topological polar surface area (TPSA) is 81.6 Å². The van der Waals surface area contributed by atoms with E-state index in [1.807, 2.05) is 0 Å². The first-order valence-electron chi connectivity index (χ1n) is 10.8. The van der Waals surface area contributed by atoms with Gasteiger partial charge in [-0.2, -0.15) is 0 Å². The van der Waals surface area contributed by atoms with Crippen LogP contribution in [0.2, 0.25) is 0 Å². The third kappa shape index (κ3) is 5.26. The summed E-state index contributed by atoms with van der Waals surface area (Å²) < 4.78 is 75.1. The van der Waals surface area contributed by atoms with Crippen molar-refractivity contribution in [1.82, 2.24) is 9.29 Å². The van der Waals surface area contributed by atoms with Gasteiger partial charge in [0.1, 0.15) is 11.5 Å². The molecule has 0 radical (unpaired) electrons. The summed E-state index contributed by atoms with van der Waals surface area (Å²) in [5, 5.41) is 6.94. The van der Waals surface area contributed by atoms with Crippen molar-refractivity contribution in [3.05, 3.63) is 78.0 Å². The molecule has 0 atom stereocenters. The largest absolute Gasteiger partial charge is 0.573 e. The average Bonchev–Trinajstić information content (AvgIpc) is 3.18. The first-order chi connectivity index (χ1) is 17.0. The van der Waals surface area contributed by atoms with Crippen molar-refractivity contribution in [2.45, 2.75) is 24.7 Å². The Labute approximate surface area is 206 Å². The van der Waals surface area contributed by atoms with Crippen LogP contribution in [0.25, 0.3) is 10.9 Å². The summed E-state index contributed by atoms with van der Waals surface area (Å²) in [5.74, 6) is 0.0923. The molecule has 7 nitrogen and oxygen atoms in total. The number of alkyl halides is 3. The van der Waals surface area contributed by atoms with E-state index in [0.29, 0.717) is 34.7 Å². The van der Waals surface area contributed by atoms with Crippen LogP contribution in [0.1, 0.15) is 11.1 Å². The molecule has 190 valence electrons. The second-order valence-electron chi connectivity index (χ2n) is 8.05. The number of halogens is 3. The minimum absolute atomic E-state index is 0.0733. The van der Waals surface area contributed by atoms with Crippen LogP contribution in [0.4, 0.5) is 24.5 Å². The molecule has 2 N–H and O–H groups in total. The van der Waals surface area contributed by atoms with E-state index in [-0.39, 0.29) is 10.6 Å². The molecule has 4 aromatic rings. The first kappa shape index (κ1) is 25.4. The number of nitrogens with zero attached hydrogens (tertiary/aromatic N) is 1. The van der Waals surface area contributed by atoms with E-state index in [1.165, 1.54) is 41.4 Å². The van der Waals surface area contributed by atoms with Gasteiger partial charge in [0.15, 0.2) is 0 Å². The maximum Gasteiger partial charge on any atom is 0.573 e. The van der Waals surface area contributed by atoms with Crippen LogP contribution in [0.15, 0.2) is 71.8 Å². The van der Waals surface area contributed by atoms with Gasteiger partial charge in [0, 0.05) is 35.6 Å². The summed E-state index contributed by atoms with van der Waals surface area (Å²) in [6.07, 6.45) is -3.20. The van der Waals surface area contributed by atoms with E-state index >= 15 is 0 Å². The molecule has 3 aromatic carbocycles. The summed E-state index contributed by atoms with van der Waals surface area (Å²) >= 11 is 0. The summed E-state index contributed by atoms with van der Waals surface area (Å²) in [6, 6.07) is 15.4. The molecule has 11 heteroatoms. The van der Waals surface area contributed by atoms with E-state index in [4.69, 9.17) is 4.74 Å². The van der Waals surface area contributed by atoms with Gasteiger partial charge in [0.2, 0.25) is 0 Å². The monoisotopic (exact) mass is 519 g/mol. The van der Waals surface area contributed by atoms with Crippen molar-refractivity contribution in [2.24, 2.45) is 0 Å². The second-order valence-corrected chi connectivity index (χ2v) is 9.86. The molecule has 1 aromatic heterocycles. The van der Waals surface area contributed by atoms with Gasteiger partial charge in [-0.1, -0.05) is 12.1 Å². The second kappa shape index (κ2) is 9.75. The molecule has 0 saturated carbocycles. The molecule has 1 heterocycles. The minimum atomic E-state index is -4.78. The van der Waals surface area contributed by atoms with Crippen LogP contribution < -0.4 is 20.1 Å². The number of aryl methyl sites for hydroxylation is 1. The van der Waals surface area contributed by atoms with Gasteiger partial charge in [-0.25, -0.2) is 12.4 Å². The fourth-order valence-corrected chi connectivity index (χ4v) is 5.30. The van der Waals surface area contributed by atoms with Crippen LogP contribution in [-0.2, 0) is 16.6 Å². The zero-order valence-corrected chi connectivity index (χ0v) is 20.5. The average molecular weight is 520 g/mol. The fraction of sp³-hybridized carbons (Fsp3) is 0.200. The summed E-state index contributed by atoms with van der Waals surface area (Å²) in [5.41, 5.74) is 2.87. The molecule has 0 unspecified atom stereocenters. The van der Waals surface area contributed by atoms with E-state index in [0.717, 1.165) is 10.9 Å². The minimum Gasteiger partial charge on any atom is -0.497 e. The third-order valence-corrected chi connectivity index (χ3v) is 7.20. The summed E-state index contributed by atoms with van der Waals surface area (Å²) in [6.45, 7) is 2.09. The molecule has 0 aliphatic carbocycles. The highest BCUT2D eigenvalue weighted by Crippen LogP contribution is 2.32. The molecule has 36 heavy (non-hydrogen) atoms. The molecular formula is C25H24F3N3O4S. The van der Waals surface area contributed by atoms with Crippen molar-refractivity contribution in [2.75, 3.05) is 19.5 Å². The number of fused-ring (bicyclic) bond motifs is 1. The van der Waals surface area contributed by atoms with Gasteiger partial charge < -0.3 is 20.1 Å². The number of hydrogen-bond donors (Lipinski definition) is 2. The quantitative estimate of drug-likeness (QED) is 0.317. The first-order valence-corrected chi connectivity index (χ1v) is 12.3. The Hall–Kier alpha value is -3.70. The van der Waals surface area contributed by atoms with E-state index < -0.39 is 16.4 Å². The smallest absolute Gasteiger partial charge is 0.497 e. The van der Waals surface area contributed by atoms with Crippen molar-refractivity contribution < 1.29 is 31.1 Å². The number of benzene rings is 3. The number of nitrogens with one attached hydrogen (secondary N) is 2. The van der Waals surface area contributed by atoms with E-state index in [2.05, 4.69) is 15.4 Å². The van der Waals surface area contributed by atoms with Crippen molar-refractivity contribution in [1.29, 1.82) is 0 Å². The highest BCUT2D eigenvalue weighted by molar-refractivity contribution is 7.90. The Morgan fingerprint density at radius 1 is 1.00 bits per heavy atom. The normalized spacial score (nSPS) is 12.1. The van der Waals surface area contributed by atoms with E-state index in [1.54, 1.807) is 50.5 Å². The Morgan fingerprint density at radius 2 is 1.78 bits per heavy atom. The molecule has 4 rings (SSSR count). The molecule has 0 aliphatic heterocycles. The molecule has 0 bridgehead atoms. The van der Waals surface area contributed by atoms with Crippen LogP contribution in [0.5, 0.6) is 11.5 Å². The van der Waals surface area contributed by atoms with Crippen LogP contribution >= 0.6 is 0 Å². The lowest BCUT2D eigenvalue weighted by Crippen LogP contribution is -2.17. The predicted octanol–water partition coefficient (Wildman–Crippen LogP) is 5.56. The lowest BCUT2D eigenvalue weighted by atomic mass is 10.1. The number of hydrogen-bond acceptors (Lipinski definition) is 6. The maximum atomic E-state index is 13.6. The summed E-state index contributed by atoms with van der Waals surface area (Å²) in [4.78, 5) is 0.0733. The van der Waals surface area contributed by atoms with Crippen LogP contribution in [-0.4, -0.2) is 32.9 Å². The zero-order chi connectivity index (χ0) is 26.1. The van der Waals surface area contributed by atoms with Crippen LogP contribution in [0, 0.1) is 6.92 Å². The molecule has 0 saturated heterocycles. The van der Waals surface area contributed by atoms with Gasteiger partial charge in [-0.15, -0.1) is 13.2 Å². The molecule has 0 spiro atoms. The predicted molar refractivity (Wildman–Crippen MR) is 131 cm³/mol. The molecular weight excluding hydrogens is 495 g/mol. The molecule has 0 aliphatic rings. The highest BCUT2D eigenvalue weighted by atomic mass is 32.2. The number of aromatic nitrogens is 1. The highest BCUT2D eigenvalue weighted by Gasteiger charge is 2.31. The Balaban J connectivity index is 1.76. The Bertz CT molecular complexity index is 1520. The fourth-order valence-electron chi connectivity index (χ4n) is 3.88. The van der Waals surface area contributed by atoms with Gasteiger partial charge in [0.25, 0.3) is 10.0 Å². The maximum absolute atomic E-state index is 13.6. The number of methoxy groups -OCH3 is 1. The zero-order valence-electron chi connectivity index (χ0n) is 19.7. The lowest BCUT2D eigenvalue weighted by Gasteiger charge is -2.14. The number of ether oxygens (including phenoxy) is 2.